The van der Waals surface area contributed by atoms with Crippen LogP contribution in [0.2, 0.25) is 5.28 Å². The summed E-state index contributed by atoms with van der Waals surface area (Å²) in [4.78, 5) is 25.9. The number of carbonyl (C=O) groups excluding carboxylic acids is 1. The normalized spacial score (nSPS) is 10.4. The van der Waals surface area contributed by atoms with Gasteiger partial charge < -0.3 is 15.5 Å². The van der Waals surface area contributed by atoms with E-state index in [2.05, 4.69) is 25.6 Å². The van der Waals surface area contributed by atoms with Gasteiger partial charge in [0.25, 0.3) is 5.24 Å². The fourth-order valence-corrected chi connectivity index (χ4v) is 2.40. The molecule has 22 heavy (non-hydrogen) atoms. The van der Waals surface area contributed by atoms with Crippen LogP contribution in [0.5, 0.6) is 0 Å². The molecule has 0 saturated carbocycles. The molecule has 0 fully saturated rings. The van der Waals surface area contributed by atoms with Gasteiger partial charge in [0.2, 0.25) is 17.2 Å². The van der Waals surface area contributed by atoms with Crippen molar-refractivity contribution in [2.75, 3.05) is 42.1 Å². The van der Waals surface area contributed by atoms with E-state index in [0.29, 0.717) is 30.7 Å². The second-order valence-corrected chi connectivity index (χ2v) is 5.80. The molecule has 0 spiro atoms. The van der Waals surface area contributed by atoms with Crippen LogP contribution in [0.15, 0.2) is 0 Å². The molecule has 0 unspecified atom stereocenters. The van der Waals surface area contributed by atoms with Gasteiger partial charge in [-0.3, -0.25) is 4.79 Å². The first-order chi connectivity index (χ1) is 10.6. The zero-order valence-electron chi connectivity index (χ0n) is 13.2. The third kappa shape index (κ3) is 6.65. The average Bonchev–Trinajstić information content (AvgIpc) is 2.50. The average molecular weight is 347 g/mol. The van der Waals surface area contributed by atoms with Crippen LogP contribution in [0.4, 0.5) is 16.7 Å². The van der Waals surface area contributed by atoms with Crippen molar-refractivity contribution in [1.29, 1.82) is 0 Å². The van der Waals surface area contributed by atoms with Gasteiger partial charge in [-0.2, -0.15) is 15.0 Å². The minimum absolute atomic E-state index is 0.0128. The van der Waals surface area contributed by atoms with Crippen LogP contribution in [0, 0.1) is 0 Å². The van der Waals surface area contributed by atoms with Crippen LogP contribution >= 0.6 is 23.4 Å². The molecule has 124 valence electrons. The summed E-state index contributed by atoms with van der Waals surface area (Å²) in [6.07, 6.45) is 0.933. The van der Waals surface area contributed by atoms with Crippen molar-refractivity contribution < 1.29 is 4.79 Å². The largest absolute Gasteiger partial charge is 0.353 e. The lowest BCUT2D eigenvalue weighted by molar-refractivity contribution is 0.260. The van der Waals surface area contributed by atoms with Crippen LogP contribution in [-0.2, 0) is 0 Å². The van der Waals surface area contributed by atoms with Gasteiger partial charge in [0.05, 0.1) is 0 Å². The number of thioether (sulfide) groups is 1. The van der Waals surface area contributed by atoms with Crippen LogP contribution in [-0.4, -0.2) is 52.1 Å². The van der Waals surface area contributed by atoms with E-state index in [9.17, 15) is 4.79 Å². The van der Waals surface area contributed by atoms with Gasteiger partial charge in [0.1, 0.15) is 0 Å². The minimum Gasteiger partial charge on any atom is -0.353 e. The number of nitrogens with zero attached hydrogens (tertiary/aromatic N) is 4. The predicted molar refractivity (Wildman–Crippen MR) is 93.0 cm³/mol. The number of rotatable bonds is 9. The number of hydrogen-bond donors (Lipinski definition) is 2. The molecule has 1 aromatic rings. The first-order valence-corrected chi connectivity index (χ1v) is 8.78. The number of amides is 1. The molecule has 1 amide bonds. The molecule has 0 aliphatic heterocycles. The Morgan fingerprint density at radius 2 is 1.91 bits per heavy atom. The van der Waals surface area contributed by atoms with Crippen molar-refractivity contribution in [2.45, 2.75) is 27.2 Å². The molecule has 0 aromatic carbocycles. The molecule has 0 bridgehead atoms. The Hall–Kier alpha value is -1.28. The van der Waals surface area contributed by atoms with Gasteiger partial charge in [0.15, 0.2) is 0 Å². The number of aromatic nitrogens is 3. The van der Waals surface area contributed by atoms with Crippen molar-refractivity contribution in [3.8, 4) is 0 Å². The first-order valence-electron chi connectivity index (χ1n) is 7.41. The lowest BCUT2D eigenvalue weighted by Gasteiger charge is -2.18. The second kappa shape index (κ2) is 10.4. The summed E-state index contributed by atoms with van der Waals surface area (Å²) < 4.78 is 0. The van der Waals surface area contributed by atoms with E-state index in [0.717, 1.165) is 19.5 Å². The Morgan fingerprint density at radius 1 is 1.18 bits per heavy atom. The smallest absolute Gasteiger partial charge is 0.279 e. The molecule has 0 saturated heterocycles. The van der Waals surface area contributed by atoms with Gasteiger partial charge in [-0.25, -0.2) is 0 Å². The highest BCUT2D eigenvalue weighted by molar-refractivity contribution is 8.13. The van der Waals surface area contributed by atoms with Crippen LogP contribution in [0.25, 0.3) is 0 Å². The van der Waals surface area contributed by atoms with Crippen molar-refractivity contribution in [3.63, 3.8) is 0 Å². The van der Waals surface area contributed by atoms with Crippen molar-refractivity contribution in [1.82, 2.24) is 20.3 Å². The highest BCUT2D eigenvalue weighted by Crippen LogP contribution is 2.13. The second-order valence-electron chi connectivity index (χ2n) is 4.39. The van der Waals surface area contributed by atoms with E-state index in [1.165, 1.54) is 11.8 Å². The Balaban J connectivity index is 2.47. The Bertz CT molecular complexity index is 472. The SMILES string of the molecule is CCCNC(=O)SCCNc1nc(Cl)nc(N(CC)CC)n1. The van der Waals surface area contributed by atoms with Gasteiger partial charge in [0, 0.05) is 31.9 Å². The molecule has 1 heterocycles. The van der Waals surface area contributed by atoms with Gasteiger partial charge in [-0.1, -0.05) is 18.7 Å². The number of nitrogens with one attached hydrogen (secondary N) is 2. The summed E-state index contributed by atoms with van der Waals surface area (Å²) in [5.41, 5.74) is 0. The van der Waals surface area contributed by atoms with Gasteiger partial charge in [-0.05, 0) is 31.9 Å². The Kier molecular flexibility index (Phi) is 8.91. The molecule has 9 heteroatoms. The Morgan fingerprint density at radius 3 is 2.55 bits per heavy atom. The maximum absolute atomic E-state index is 11.4. The van der Waals surface area contributed by atoms with Crippen LogP contribution in [0.3, 0.4) is 0 Å². The Labute approximate surface area is 140 Å². The van der Waals surface area contributed by atoms with E-state index in [4.69, 9.17) is 11.6 Å². The molecule has 0 aliphatic rings. The molecule has 1 aromatic heterocycles. The molecular weight excluding hydrogens is 324 g/mol. The predicted octanol–water partition coefficient (Wildman–Crippen LogP) is 2.64. The molecular formula is C13H23ClN6OS. The lowest BCUT2D eigenvalue weighted by Crippen LogP contribution is -2.25. The summed E-state index contributed by atoms with van der Waals surface area (Å²) in [7, 11) is 0. The first kappa shape index (κ1) is 18.8. The van der Waals surface area contributed by atoms with Gasteiger partial charge in [-0.15, -0.1) is 0 Å². The molecule has 2 N–H and O–H groups in total. The fraction of sp³-hybridized carbons (Fsp3) is 0.692. The van der Waals surface area contributed by atoms with E-state index < -0.39 is 0 Å². The van der Waals surface area contributed by atoms with Crippen molar-refractivity contribution in [2.24, 2.45) is 0 Å². The third-order valence-corrected chi connectivity index (χ3v) is 3.76. The molecule has 0 radical (unpaired) electrons. The van der Waals surface area contributed by atoms with E-state index in [1.54, 1.807) is 0 Å². The molecule has 0 aliphatic carbocycles. The molecule has 1 rings (SSSR count). The quantitative estimate of drug-likeness (QED) is 0.665. The van der Waals surface area contributed by atoms with Crippen LogP contribution in [0.1, 0.15) is 27.2 Å². The topological polar surface area (TPSA) is 83.0 Å². The highest BCUT2D eigenvalue weighted by atomic mass is 35.5. The maximum atomic E-state index is 11.4. The standard InChI is InChI=1S/C13H23ClN6OS/c1-4-7-16-13(21)22-9-8-15-11-17-10(14)18-12(19-11)20(5-2)6-3/h4-9H2,1-3H3,(H,16,21)(H,15,17,18,19). The fourth-order valence-electron chi connectivity index (χ4n) is 1.65. The minimum atomic E-state index is -0.0128. The molecule has 0 atom stereocenters. The van der Waals surface area contributed by atoms with E-state index in [-0.39, 0.29) is 10.5 Å². The molecule has 7 nitrogen and oxygen atoms in total. The summed E-state index contributed by atoms with van der Waals surface area (Å²) >= 11 is 7.16. The summed E-state index contributed by atoms with van der Waals surface area (Å²) in [6.45, 7) is 8.94. The van der Waals surface area contributed by atoms with E-state index >= 15 is 0 Å². The number of hydrogen-bond acceptors (Lipinski definition) is 7. The number of halogens is 1. The van der Waals surface area contributed by atoms with Crippen LogP contribution < -0.4 is 15.5 Å². The third-order valence-electron chi connectivity index (χ3n) is 2.78. The summed E-state index contributed by atoms with van der Waals surface area (Å²) in [5, 5.41) is 6.02. The summed E-state index contributed by atoms with van der Waals surface area (Å²) in [5.74, 6) is 1.61. The summed E-state index contributed by atoms with van der Waals surface area (Å²) in [6, 6.07) is 0. The zero-order valence-corrected chi connectivity index (χ0v) is 14.8. The van der Waals surface area contributed by atoms with E-state index in [1.807, 2.05) is 25.7 Å². The number of carbonyl (C=O) groups is 1. The highest BCUT2D eigenvalue weighted by Gasteiger charge is 2.10. The monoisotopic (exact) mass is 346 g/mol. The maximum Gasteiger partial charge on any atom is 0.279 e. The van der Waals surface area contributed by atoms with Crippen molar-refractivity contribution >= 4 is 40.5 Å². The number of anilines is 2. The zero-order chi connectivity index (χ0) is 16.4. The van der Waals surface area contributed by atoms with Gasteiger partial charge >= 0.3 is 0 Å². The van der Waals surface area contributed by atoms with Crippen molar-refractivity contribution in [3.05, 3.63) is 5.28 Å². The lowest BCUT2D eigenvalue weighted by atomic mass is 10.5.